The molecule has 3 unspecified atom stereocenters. The summed E-state index contributed by atoms with van der Waals surface area (Å²) >= 11 is 0. The Morgan fingerprint density at radius 1 is 1.38 bits per heavy atom. The fourth-order valence-electron chi connectivity index (χ4n) is 3.80. The minimum Gasteiger partial charge on any atom is -0.373 e. The van der Waals surface area contributed by atoms with Crippen LogP contribution in [-0.4, -0.2) is 12.2 Å². The number of aryl methyl sites for hydroxylation is 2. The van der Waals surface area contributed by atoms with Crippen molar-refractivity contribution in [2.75, 3.05) is 6.61 Å². The first-order valence-corrected chi connectivity index (χ1v) is 8.19. The third-order valence-corrected chi connectivity index (χ3v) is 4.98. The van der Waals surface area contributed by atoms with Crippen LogP contribution in [0.5, 0.6) is 0 Å². The lowest BCUT2D eigenvalue weighted by atomic mass is 9.72. The van der Waals surface area contributed by atoms with E-state index in [2.05, 4.69) is 51.3 Å². The summed E-state index contributed by atoms with van der Waals surface area (Å²) in [4.78, 5) is 0. The van der Waals surface area contributed by atoms with E-state index in [0.29, 0.717) is 5.92 Å². The molecular weight excluding hydrogens is 260 g/mol. The molecular formula is C18H30N2O. The molecule has 0 aromatic heterocycles. The molecule has 3 N–H and O–H groups in total. The van der Waals surface area contributed by atoms with E-state index in [1.165, 1.54) is 29.5 Å². The van der Waals surface area contributed by atoms with Gasteiger partial charge in [-0.3, -0.25) is 11.3 Å². The fraction of sp³-hybridized carbons (Fsp3) is 0.667. The average molecular weight is 290 g/mol. The molecule has 1 fully saturated rings. The number of nitrogens with two attached hydrogens (primary N) is 1. The molecule has 0 amide bonds. The number of hydrogen-bond acceptors (Lipinski definition) is 3. The second-order valence-corrected chi connectivity index (χ2v) is 6.64. The quantitative estimate of drug-likeness (QED) is 0.640. The number of benzene rings is 1. The van der Waals surface area contributed by atoms with Gasteiger partial charge in [-0.25, -0.2) is 0 Å². The number of ether oxygens (including phenoxy) is 1. The highest BCUT2D eigenvalue weighted by Crippen LogP contribution is 2.43. The molecule has 21 heavy (non-hydrogen) atoms. The van der Waals surface area contributed by atoms with Crippen molar-refractivity contribution in [2.45, 2.75) is 65.0 Å². The Bertz CT molecular complexity index is 470. The van der Waals surface area contributed by atoms with Gasteiger partial charge in [0.15, 0.2) is 0 Å². The third kappa shape index (κ3) is 3.47. The van der Waals surface area contributed by atoms with Crippen LogP contribution in [0.1, 0.15) is 62.3 Å². The van der Waals surface area contributed by atoms with Crippen LogP contribution in [0.4, 0.5) is 0 Å². The van der Waals surface area contributed by atoms with E-state index in [1.54, 1.807) is 0 Å². The van der Waals surface area contributed by atoms with Crippen molar-refractivity contribution in [3.63, 3.8) is 0 Å². The summed E-state index contributed by atoms with van der Waals surface area (Å²) in [5, 5.41) is 0. The van der Waals surface area contributed by atoms with E-state index in [0.717, 1.165) is 19.4 Å². The molecule has 0 spiro atoms. The van der Waals surface area contributed by atoms with Crippen LogP contribution < -0.4 is 11.3 Å². The summed E-state index contributed by atoms with van der Waals surface area (Å²) in [6.07, 6.45) is 4.65. The van der Waals surface area contributed by atoms with Crippen LogP contribution in [-0.2, 0) is 4.74 Å². The predicted molar refractivity (Wildman–Crippen MR) is 88.0 cm³/mol. The van der Waals surface area contributed by atoms with Gasteiger partial charge in [0, 0.05) is 6.61 Å². The van der Waals surface area contributed by atoms with Gasteiger partial charge in [0.1, 0.15) is 0 Å². The van der Waals surface area contributed by atoms with Gasteiger partial charge in [0.05, 0.1) is 11.6 Å². The van der Waals surface area contributed by atoms with Gasteiger partial charge < -0.3 is 4.74 Å². The van der Waals surface area contributed by atoms with Crippen molar-refractivity contribution in [3.05, 3.63) is 34.9 Å². The lowest BCUT2D eigenvalue weighted by molar-refractivity contribution is -0.102. The first-order chi connectivity index (χ1) is 10.0. The highest BCUT2D eigenvalue weighted by Gasteiger charge is 2.43. The topological polar surface area (TPSA) is 47.3 Å². The minimum absolute atomic E-state index is 0.0551. The van der Waals surface area contributed by atoms with Gasteiger partial charge in [-0.1, -0.05) is 38.0 Å². The van der Waals surface area contributed by atoms with Crippen molar-refractivity contribution in [1.29, 1.82) is 0 Å². The maximum absolute atomic E-state index is 6.28. The molecule has 0 heterocycles. The van der Waals surface area contributed by atoms with Gasteiger partial charge >= 0.3 is 0 Å². The SMILES string of the molecule is CCOC1(C(NN)c2ccc(C)c(C)c2)CCCC(C)C1. The van der Waals surface area contributed by atoms with Crippen LogP contribution in [0.2, 0.25) is 0 Å². The van der Waals surface area contributed by atoms with Crippen molar-refractivity contribution >= 4 is 0 Å². The van der Waals surface area contributed by atoms with Crippen molar-refractivity contribution in [1.82, 2.24) is 5.43 Å². The van der Waals surface area contributed by atoms with E-state index in [1.807, 2.05) is 0 Å². The summed E-state index contributed by atoms with van der Waals surface area (Å²) in [7, 11) is 0. The van der Waals surface area contributed by atoms with Gasteiger partial charge in [0.2, 0.25) is 0 Å². The molecule has 0 bridgehead atoms. The molecule has 118 valence electrons. The Morgan fingerprint density at radius 3 is 2.71 bits per heavy atom. The second kappa shape index (κ2) is 6.91. The number of hydrogen-bond donors (Lipinski definition) is 2. The highest BCUT2D eigenvalue weighted by atomic mass is 16.5. The number of rotatable bonds is 5. The number of nitrogens with one attached hydrogen (secondary N) is 1. The van der Waals surface area contributed by atoms with Gasteiger partial charge in [0.25, 0.3) is 0 Å². The first-order valence-electron chi connectivity index (χ1n) is 8.19. The minimum atomic E-state index is -0.178. The molecule has 2 rings (SSSR count). The summed E-state index contributed by atoms with van der Waals surface area (Å²) < 4.78 is 6.28. The van der Waals surface area contributed by atoms with Crippen LogP contribution >= 0.6 is 0 Å². The maximum atomic E-state index is 6.28. The largest absolute Gasteiger partial charge is 0.373 e. The Labute approximate surface area is 129 Å². The summed E-state index contributed by atoms with van der Waals surface area (Å²) in [6, 6.07) is 6.67. The highest BCUT2D eigenvalue weighted by molar-refractivity contribution is 5.33. The van der Waals surface area contributed by atoms with E-state index >= 15 is 0 Å². The zero-order chi connectivity index (χ0) is 15.5. The third-order valence-electron chi connectivity index (χ3n) is 4.98. The van der Waals surface area contributed by atoms with Crippen molar-refractivity contribution in [3.8, 4) is 0 Å². The maximum Gasteiger partial charge on any atom is 0.0891 e. The normalized spacial score (nSPS) is 27.6. The van der Waals surface area contributed by atoms with Crippen molar-refractivity contribution < 1.29 is 4.74 Å². The van der Waals surface area contributed by atoms with Gasteiger partial charge in [-0.05, 0) is 56.2 Å². The smallest absolute Gasteiger partial charge is 0.0891 e. The summed E-state index contributed by atoms with van der Waals surface area (Å²) in [5.41, 5.74) is 6.74. The van der Waals surface area contributed by atoms with Crippen LogP contribution in [0.25, 0.3) is 0 Å². The zero-order valence-corrected chi connectivity index (χ0v) is 13.9. The predicted octanol–water partition coefficient (Wildman–Crippen LogP) is 3.79. The summed E-state index contributed by atoms with van der Waals surface area (Å²) in [5.74, 6) is 6.64. The van der Waals surface area contributed by atoms with Crippen LogP contribution in [0.15, 0.2) is 18.2 Å². The Kier molecular flexibility index (Phi) is 5.42. The molecule has 1 aliphatic carbocycles. The monoisotopic (exact) mass is 290 g/mol. The van der Waals surface area contributed by atoms with Crippen molar-refractivity contribution in [2.24, 2.45) is 11.8 Å². The number of hydrazine groups is 1. The molecule has 3 atom stereocenters. The standard InChI is InChI=1S/C18H30N2O/c1-5-21-18(10-6-7-13(2)12-18)17(20-19)16-9-8-14(3)15(4)11-16/h8-9,11,13,17,20H,5-7,10,12,19H2,1-4H3. The molecule has 3 nitrogen and oxygen atoms in total. The molecule has 3 heteroatoms. The molecule has 1 aromatic carbocycles. The van der Waals surface area contributed by atoms with E-state index in [9.17, 15) is 0 Å². The van der Waals surface area contributed by atoms with Gasteiger partial charge in [-0.15, -0.1) is 0 Å². The van der Waals surface area contributed by atoms with Gasteiger partial charge in [-0.2, -0.15) is 0 Å². The first kappa shape index (κ1) is 16.5. The lowest BCUT2D eigenvalue weighted by Gasteiger charge is -2.45. The Hall–Kier alpha value is -0.900. The fourth-order valence-corrected chi connectivity index (χ4v) is 3.80. The zero-order valence-electron chi connectivity index (χ0n) is 13.9. The van der Waals surface area contributed by atoms with E-state index < -0.39 is 0 Å². The Balaban J connectivity index is 2.37. The molecule has 1 aliphatic rings. The molecule has 0 radical (unpaired) electrons. The van der Waals surface area contributed by atoms with E-state index in [4.69, 9.17) is 10.6 Å². The lowest BCUT2D eigenvalue weighted by Crippen LogP contribution is -2.51. The Morgan fingerprint density at radius 2 is 2.14 bits per heavy atom. The summed E-state index contributed by atoms with van der Waals surface area (Å²) in [6.45, 7) is 9.43. The molecule has 1 saturated carbocycles. The van der Waals surface area contributed by atoms with E-state index in [-0.39, 0.29) is 11.6 Å². The second-order valence-electron chi connectivity index (χ2n) is 6.64. The van der Waals surface area contributed by atoms with Crippen LogP contribution in [0.3, 0.4) is 0 Å². The molecule has 1 aromatic rings. The molecule has 0 saturated heterocycles. The average Bonchev–Trinajstić information content (AvgIpc) is 2.44. The van der Waals surface area contributed by atoms with Crippen LogP contribution in [0, 0.1) is 19.8 Å². The molecule has 0 aliphatic heterocycles.